The van der Waals surface area contributed by atoms with E-state index in [0.717, 1.165) is 11.5 Å². The monoisotopic (exact) mass is 254 g/mol. The highest BCUT2D eigenvalue weighted by atomic mass is 32.2. The smallest absolute Gasteiger partial charge is 0.292 e. The van der Waals surface area contributed by atoms with Crippen LogP contribution in [-0.2, 0) is 4.74 Å². The molecule has 16 heavy (non-hydrogen) atoms. The Morgan fingerprint density at radius 2 is 2.44 bits per heavy atom. The summed E-state index contributed by atoms with van der Waals surface area (Å²) in [5, 5.41) is 9.58. The van der Waals surface area contributed by atoms with Gasteiger partial charge in [0.2, 0.25) is 0 Å². The Morgan fingerprint density at radius 1 is 1.56 bits per heavy atom. The summed E-state index contributed by atoms with van der Waals surface area (Å²) in [6.45, 7) is 0. The highest BCUT2D eigenvalue weighted by Crippen LogP contribution is 2.32. The first-order chi connectivity index (χ1) is 7.77. The lowest BCUT2D eigenvalue weighted by atomic mass is 10.2. The Bertz CT molecular complexity index is 432. The van der Waals surface area contributed by atoms with Crippen molar-refractivity contribution in [1.29, 1.82) is 5.41 Å². The average molecular weight is 254 g/mol. The number of rotatable bonds is 1. The zero-order valence-corrected chi connectivity index (χ0v) is 10.0. The first kappa shape index (κ1) is 10.2. The zero-order valence-electron chi connectivity index (χ0n) is 8.38. The van der Waals surface area contributed by atoms with Crippen molar-refractivity contribution in [2.75, 3.05) is 11.5 Å². The number of thioether (sulfide) groups is 1. The Balaban J connectivity index is 1.89. The minimum atomic E-state index is -0.102. The number of nitrogens with zero attached hydrogens (tertiary/aromatic N) is 1. The van der Waals surface area contributed by atoms with Gasteiger partial charge in [-0.1, -0.05) is 6.07 Å². The average Bonchev–Trinajstić information content (AvgIpc) is 2.89. The summed E-state index contributed by atoms with van der Waals surface area (Å²) in [7, 11) is 0. The molecular formula is C10H10N2O2S2. The van der Waals surface area contributed by atoms with Crippen LogP contribution in [0.2, 0.25) is 0 Å². The van der Waals surface area contributed by atoms with Gasteiger partial charge in [-0.15, -0.1) is 11.3 Å². The highest BCUT2D eigenvalue weighted by Gasteiger charge is 2.46. The van der Waals surface area contributed by atoms with Crippen LogP contribution in [0.1, 0.15) is 9.67 Å². The number of hydrogen-bond acceptors (Lipinski definition) is 5. The molecule has 2 saturated heterocycles. The number of amides is 1. The van der Waals surface area contributed by atoms with E-state index in [0.29, 0.717) is 4.88 Å². The van der Waals surface area contributed by atoms with Gasteiger partial charge in [0.05, 0.1) is 10.9 Å². The van der Waals surface area contributed by atoms with Gasteiger partial charge < -0.3 is 4.74 Å². The number of amidine groups is 1. The molecule has 0 spiro atoms. The zero-order chi connectivity index (χ0) is 11.1. The van der Waals surface area contributed by atoms with Gasteiger partial charge >= 0.3 is 0 Å². The molecule has 6 heteroatoms. The van der Waals surface area contributed by atoms with E-state index in [4.69, 9.17) is 10.1 Å². The SMILES string of the molecule is N=C1O[C@@H]2CSC[C@@H]2N1C(=O)c1cccs1. The summed E-state index contributed by atoms with van der Waals surface area (Å²) < 4.78 is 5.39. The number of carbonyl (C=O) groups is 1. The fraction of sp³-hybridized carbons (Fsp3) is 0.400. The summed E-state index contributed by atoms with van der Waals surface area (Å²) in [6, 6.07) is 3.69. The van der Waals surface area contributed by atoms with Crippen molar-refractivity contribution in [3.05, 3.63) is 22.4 Å². The Kier molecular flexibility index (Phi) is 2.40. The lowest BCUT2D eigenvalue weighted by molar-refractivity contribution is 0.0828. The van der Waals surface area contributed by atoms with Crippen LogP contribution in [0.25, 0.3) is 0 Å². The molecule has 2 aliphatic rings. The van der Waals surface area contributed by atoms with Crippen LogP contribution in [0, 0.1) is 5.41 Å². The number of nitrogens with one attached hydrogen (secondary N) is 1. The predicted octanol–water partition coefficient (Wildman–Crippen LogP) is 1.64. The lowest BCUT2D eigenvalue weighted by Gasteiger charge is -2.18. The maximum atomic E-state index is 12.2. The van der Waals surface area contributed by atoms with E-state index in [1.54, 1.807) is 17.8 Å². The van der Waals surface area contributed by atoms with Crippen molar-refractivity contribution < 1.29 is 9.53 Å². The van der Waals surface area contributed by atoms with Gasteiger partial charge in [0.1, 0.15) is 6.10 Å². The first-order valence-electron chi connectivity index (χ1n) is 4.97. The molecule has 2 fully saturated rings. The second-order valence-corrected chi connectivity index (χ2v) is 5.74. The molecule has 1 amide bonds. The van der Waals surface area contributed by atoms with E-state index in [2.05, 4.69) is 0 Å². The quantitative estimate of drug-likeness (QED) is 0.829. The molecule has 3 rings (SSSR count). The van der Waals surface area contributed by atoms with E-state index < -0.39 is 0 Å². The molecule has 0 saturated carbocycles. The van der Waals surface area contributed by atoms with Crippen LogP contribution in [0.3, 0.4) is 0 Å². The van der Waals surface area contributed by atoms with E-state index in [9.17, 15) is 4.79 Å². The molecule has 1 aromatic heterocycles. The van der Waals surface area contributed by atoms with Crippen molar-refractivity contribution in [3.63, 3.8) is 0 Å². The number of fused-ring (bicyclic) bond motifs is 1. The molecule has 1 N–H and O–H groups in total. The maximum absolute atomic E-state index is 12.2. The fourth-order valence-electron chi connectivity index (χ4n) is 1.99. The van der Waals surface area contributed by atoms with Crippen molar-refractivity contribution in [2.24, 2.45) is 0 Å². The molecule has 0 radical (unpaired) electrons. The van der Waals surface area contributed by atoms with Gasteiger partial charge in [0.25, 0.3) is 11.9 Å². The normalized spacial score (nSPS) is 28.0. The van der Waals surface area contributed by atoms with Crippen LogP contribution < -0.4 is 0 Å². The molecule has 2 aliphatic heterocycles. The van der Waals surface area contributed by atoms with Gasteiger partial charge in [0, 0.05) is 11.5 Å². The van der Waals surface area contributed by atoms with E-state index in [1.165, 1.54) is 16.2 Å². The molecule has 1 aromatic rings. The first-order valence-corrected chi connectivity index (χ1v) is 7.01. The molecular weight excluding hydrogens is 244 g/mol. The van der Waals surface area contributed by atoms with E-state index in [-0.39, 0.29) is 24.1 Å². The van der Waals surface area contributed by atoms with Crippen LogP contribution in [0.5, 0.6) is 0 Å². The standard InChI is InChI=1S/C10H10N2O2S2/c11-10-12(6-4-15-5-7(6)14-10)9(13)8-2-1-3-16-8/h1-3,6-7,11H,4-5H2/t6-,7+/m0/s1. The van der Waals surface area contributed by atoms with E-state index in [1.807, 2.05) is 11.4 Å². The number of carbonyl (C=O) groups excluding carboxylic acids is 1. The number of ether oxygens (including phenoxy) is 1. The van der Waals surface area contributed by atoms with Crippen molar-refractivity contribution >= 4 is 35.0 Å². The lowest BCUT2D eigenvalue weighted by Crippen LogP contribution is -2.40. The van der Waals surface area contributed by atoms with Crippen LogP contribution in [0.15, 0.2) is 17.5 Å². The third-order valence-electron chi connectivity index (χ3n) is 2.76. The largest absolute Gasteiger partial charge is 0.459 e. The van der Waals surface area contributed by atoms with E-state index >= 15 is 0 Å². The Labute approximate surface area is 101 Å². The topological polar surface area (TPSA) is 53.4 Å². The maximum Gasteiger partial charge on any atom is 0.292 e. The summed E-state index contributed by atoms with van der Waals surface area (Å²) in [6.07, 6.45) is 0.0152. The number of thiophene rings is 1. The van der Waals surface area contributed by atoms with Crippen molar-refractivity contribution in [1.82, 2.24) is 4.90 Å². The Hall–Kier alpha value is -1.01. The summed E-state index contributed by atoms with van der Waals surface area (Å²) in [5.41, 5.74) is 0. The van der Waals surface area contributed by atoms with Gasteiger partial charge in [-0.25, -0.2) is 0 Å². The fourth-order valence-corrected chi connectivity index (χ4v) is 3.91. The number of hydrogen-bond donors (Lipinski definition) is 1. The van der Waals surface area contributed by atoms with Crippen molar-refractivity contribution in [2.45, 2.75) is 12.1 Å². The van der Waals surface area contributed by atoms with Gasteiger partial charge in [-0.3, -0.25) is 15.1 Å². The van der Waals surface area contributed by atoms with Crippen molar-refractivity contribution in [3.8, 4) is 0 Å². The molecule has 3 heterocycles. The second kappa shape index (κ2) is 3.78. The predicted molar refractivity (Wildman–Crippen MR) is 64.2 cm³/mol. The summed E-state index contributed by atoms with van der Waals surface area (Å²) in [4.78, 5) is 14.3. The highest BCUT2D eigenvalue weighted by molar-refractivity contribution is 7.99. The van der Waals surface area contributed by atoms with Gasteiger partial charge in [-0.2, -0.15) is 11.8 Å². The van der Waals surface area contributed by atoms with Gasteiger partial charge in [-0.05, 0) is 11.4 Å². The molecule has 84 valence electrons. The summed E-state index contributed by atoms with van der Waals surface area (Å²) in [5.74, 6) is 1.64. The molecule has 0 unspecified atom stereocenters. The van der Waals surface area contributed by atoms with Gasteiger partial charge in [0.15, 0.2) is 0 Å². The van der Waals surface area contributed by atoms with Crippen LogP contribution >= 0.6 is 23.1 Å². The molecule has 4 nitrogen and oxygen atoms in total. The minimum absolute atomic E-state index is 0.00806. The molecule has 0 aliphatic carbocycles. The third kappa shape index (κ3) is 1.44. The summed E-state index contributed by atoms with van der Waals surface area (Å²) >= 11 is 3.18. The van der Waals surface area contributed by atoms with Crippen LogP contribution in [0.4, 0.5) is 0 Å². The third-order valence-corrected chi connectivity index (χ3v) is 4.76. The van der Waals surface area contributed by atoms with Crippen LogP contribution in [-0.4, -0.2) is 40.5 Å². The Morgan fingerprint density at radius 3 is 3.19 bits per heavy atom. The molecule has 0 aromatic carbocycles. The second-order valence-electron chi connectivity index (χ2n) is 3.72. The minimum Gasteiger partial charge on any atom is -0.459 e. The molecule has 2 atom stereocenters. The molecule has 0 bridgehead atoms.